The molecule has 0 atom stereocenters. The molecule has 0 bridgehead atoms. The smallest absolute Gasteiger partial charge is 0.489 e. The quantitative estimate of drug-likeness (QED) is 0.304. The first kappa shape index (κ1) is 19.1. The summed E-state index contributed by atoms with van der Waals surface area (Å²) in [6.45, 7) is 0. The number of hydrogen-bond donors (Lipinski definition) is 3. The third-order valence-electron chi connectivity index (χ3n) is 5.10. The molecule has 0 saturated heterocycles. The fourth-order valence-corrected chi connectivity index (χ4v) is 6.05. The Morgan fingerprint density at radius 3 is 1.67 bits per heavy atom. The standard InChI is InChI=1S/C12H9BO2S.C12H8OS/c14-13(15)10-6-3-5-9-8-4-1-2-7-11(8)16-12(9)10;13-10-6-3-5-9-8-4-1-2-7-11(8)14-12(9)10/h1-7,14-15H;1-7,13H. The van der Waals surface area contributed by atoms with Crippen molar-refractivity contribution >= 4 is 75.6 Å². The molecule has 0 fully saturated rings. The molecular formula is C24H17BO3S2. The zero-order chi connectivity index (χ0) is 20.7. The van der Waals surface area contributed by atoms with Crippen molar-refractivity contribution in [2.24, 2.45) is 0 Å². The van der Waals surface area contributed by atoms with Gasteiger partial charge in [0.05, 0.1) is 4.70 Å². The zero-order valence-electron chi connectivity index (χ0n) is 15.8. The maximum Gasteiger partial charge on any atom is 0.489 e. The molecule has 6 aromatic rings. The average molecular weight is 428 g/mol. The minimum Gasteiger partial charge on any atom is -0.506 e. The molecule has 0 amide bonds. The van der Waals surface area contributed by atoms with Crippen LogP contribution in [0.2, 0.25) is 0 Å². The summed E-state index contributed by atoms with van der Waals surface area (Å²) in [5.74, 6) is 0.378. The van der Waals surface area contributed by atoms with E-state index >= 15 is 0 Å². The fourth-order valence-electron chi connectivity index (χ4n) is 3.70. The van der Waals surface area contributed by atoms with E-state index in [4.69, 9.17) is 0 Å². The molecule has 0 aliphatic carbocycles. The third-order valence-corrected chi connectivity index (χ3v) is 7.54. The molecule has 30 heavy (non-hydrogen) atoms. The van der Waals surface area contributed by atoms with Gasteiger partial charge in [-0.2, -0.15) is 0 Å². The Labute approximate surface area is 181 Å². The predicted molar refractivity (Wildman–Crippen MR) is 130 cm³/mol. The van der Waals surface area contributed by atoms with Crippen molar-refractivity contribution in [2.75, 3.05) is 0 Å². The van der Waals surface area contributed by atoms with Crippen molar-refractivity contribution in [1.29, 1.82) is 0 Å². The van der Waals surface area contributed by atoms with Gasteiger partial charge in [-0.15, -0.1) is 22.7 Å². The lowest BCUT2D eigenvalue weighted by Crippen LogP contribution is -2.29. The van der Waals surface area contributed by atoms with Crippen molar-refractivity contribution in [3.05, 3.63) is 84.9 Å². The maximum absolute atomic E-state index is 9.68. The summed E-state index contributed by atoms with van der Waals surface area (Å²) in [5, 5.41) is 32.9. The second-order valence-electron chi connectivity index (χ2n) is 6.95. The van der Waals surface area contributed by atoms with Gasteiger partial charge in [0, 0.05) is 30.3 Å². The Kier molecular flexibility index (Phi) is 4.93. The predicted octanol–water partition coefficient (Wildman–Crippen LogP) is 5.49. The summed E-state index contributed by atoms with van der Waals surface area (Å²) in [6, 6.07) is 27.6. The van der Waals surface area contributed by atoms with Crippen LogP contribution in [0, 0.1) is 0 Å². The second kappa shape index (κ2) is 7.74. The van der Waals surface area contributed by atoms with E-state index in [0.29, 0.717) is 11.2 Å². The third kappa shape index (κ3) is 3.24. The highest BCUT2D eigenvalue weighted by Crippen LogP contribution is 2.38. The number of thiophene rings is 2. The van der Waals surface area contributed by atoms with Crippen molar-refractivity contribution in [1.82, 2.24) is 0 Å². The van der Waals surface area contributed by atoms with E-state index in [1.807, 2.05) is 54.6 Å². The van der Waals surface area contributed by atoms with Gasteiger partial charge in [-0.1, -0.05) is 66.7 Å². The molecule has 146 valence electrons. The van der Waals surface area contributed by atoms with Crippen molar-refractivity contribution in [3.8, 4) is 5.75 Å². The van der Waals surface area contributed by atoms with Crippen molar-refractivity contribution in [3.63, 3.8) is 0 Å². The molecule has 4 aromatic carbocycles. The Balaban J connectivity index is 0.000000130. The van der Waals surface area contributed by atoms with Crippen LogP contribution in [0.4, 0.5) is 0 Å². The maximum atomic E-state index is 9.68. The van der Waals surface area contributed by atoms with E-state index in [1.54, 1.807) is 34.8 Å². The van der Waals surface area contributed by atoms with Gasteiger partial charge < -0.3 is 15.2 Å². The number of phenolic OH excluding ortho intramolecular Hbond substituents is 1. The van der Waals surface area contributed by atoms with E-state index in [9.17, 15) is 15.2 Å². The first-order chi connectivity index (χ1) is 14.6. The summed E-state index contributed by atoms with van der Waals surface area (Å²) in [4.78, 5) is 0. The molecule has 3 nitrogen and oxygen atoms in total. The summed E-state index contributed by atoms with van der Waals surface area (Å²) in [6.07, 6.45) is 0. The van der Waals surface area contributed by atoms with E-state index < -0.39 is 7.12 Å². The van der Waals surface area contributed by atoms with E-state index in [0.717, 1.165) is 20.2 Å². The Morgan fingerprint density at radius 1 is 0.533 bits per heavy atom. The van der Waals surface area contributed by atoms with E-state index in [1.165, 1.54) is 20.2 Å². The van der Waals surface area contributed by atoms with Gasteiger partial charge >= 0.3 is 7.12 Å². The van der Waals surface area contributed by atoms with Gasteiger partial charge in [-0.25, -0.2) is 0 Å². The molecule has 0 unspecified atom stereocenters. The lowest BCUT2D eigenvalue weighted by molar-refractivity contribution is 0.426. The summed E-state index contributed by atoms with van der Waals surface area (Å²) >= 11 is 3.23. The van der Waals surface area contributed by atoms with Gasteiger partial charge in [0.15, 0.2) is 0 Å². The molecule has 3 N–H and O–H groups in total. The van der Waals surface area contributed by atoms with Crippen LogP contribution in [0.15, 0.2) is 84.9 Å². The summed E-state index contributed by atoms with van der Waals surface area (Å²) < 4.78 is 4.34. The minimum absolute atomic E-state index is 0.378. The number of fused-ring (bicyclic) bond motifs is 6. The molecular weight excluding hydrogens is 411 g/mol. The van der Waals surface area contributed by atoms with Crippen molar-refractivity contribution < 1.29 is 15.2 Å². The molecule has 0 spiro atoms. The highest BCUT2D eigenvalue weighted by molar-refractivity contribution is 7.27. The average Bonchev–Trinajstić information content (AvgIpc) is 3.33. The summed E-state index contributed by atoms with van der Waals surface area (Å²) in [7, 11) is -1.41. The normalized spacial score (nSPS) is 11.1. The highest BCUT2D eigenvalue weighted by atomic mass is 32.1. The minimum atomic E-state index is -1.41. The van der Waals surface area contributed by atoms with Crippen LogP contribution < -0.4 is 5.46 Å². The van der Waals surface area contributed by atoms with Crippen LogP contribution in [-0.2, 0) is 0 Å². The number of rotatable bonds is 1. The molecule has 0 saturated carbocycles. The Morgan fingerprint density at radius 2 is 1.03 bits per heavy atom. The molecule has 2 heterocycles. The first-order valence-electron chi connectivity index (χ1n) is 9.49. The van der Waals surface area contributed by atoms with Crippen LogP contribution in [0.25, 0.3) is 40.3 Å². The lowest BCUT2D eigenvalue weighted by Gasteiger charge is -1.99. The van der Waals surface area contributed by atoms with E-state index in [-0.39, 0.29) is 0 Å². The Bertz CT molecular complexity index is 1500. The van der Waals surface area contributed by atoms with Gasteiger partial charge in [0.1, 0.15) is 5.75 Å². The lowest BCUT2D eigenvalue weighted by atomic mass is 9.80. The first-order valence-corrected chi connectivity index (χ1v) is 11.1. The van der Waals surface area contributed by atoms with Crippen LogP contribution in [-0.4, -0.2) is 22.3 Å². The molecule has 0 aliphatic rings. The van der Waals surface area contributed by atoms with E-state index in [2.05, 4.69) is 18.2 Å². The largest absolute Gasteiger partial charge is 0.506 e. The van der Waals surface area contributed by atoms with Gasteiger partial charge in [-0.05, 0) is 29.0 Å². The molecule has 0 aliphatic heterocycles. The number of benzene rings is 4. The molecule has 0 radical (unpaired) electrons. The number of aromatic hydroxyl groups is 1. The van der Waals surface area contributed by atoms with Crippen LogP contribution >= 0.6 is 22.7 Å². The SMILES string of the molecule is OB(O)c1cccc2c1sc1ccccc12.Oc1cccc2c1sc1ccccc12. The van der Waals surface area contributed by atoms with Crippen molar-refractivity contribution in [2.45, 2.75) is 0 Å². The number of phenols is 1. The summed E-state index contributed by atoms with van der Waals surface area (Å²) in [5.41, 5.74) is 0.582. The topological polar surface area (TPSA) is 60.7 Å². The monoisotopic (exact) mass is 428 g/mol. The Hall–Kier alpha value is -2.90. The van der Waals surface area contributed by atoms with Gasteiger partial charge in [-0.3, -0.25) is 0 Å². The van der Waals surface area contributed by atoms with Crippen LogP contribution in [0.5, 0.6) is 5.75 Å². The molecule has 2 aromatic heterocycles. The van der Waals surface area contributed by atoms with Crippen LogP contribution in [0.1, 0.15) is 0 Å². The molecule has 6 rings (SSSR count). The number of hydrogen-bond acceptors (Lipinski definition) is 5. The van der Waals surface area contributed by atoms with Gasteiger partial charge in [0.25, 0.3) is 0 Å². The molecule has 6 heteroatoms. The van der Waals surface area contributed by atoms with Gasteiger partial charge in [0.2, 0.25) is 0 Å². The fraction of sp³-hybridized carbons (Fsp3) is 0. The highest BCUT2D eigenvalue weighted by Gasteiger charge is 2.16. The second-order valence-corrected chi connectivity index (χ2v) is 9.05. The van der Waals surface area contributed by atoms with Crippen LogP contribution in [0.3, 0.4) is 0 Å². The zero-order valence-corrected chi connectivity index (χ0v) is 17.5.